The molecule has 21 heavy (non-hydrogen) atoms. The number of hydrogen-bond donors (Lipinski definition) is 1. The average molecular weight is 298 g/mol. The number of amides is 1. The van der Waals surface area contributed by atoms with Crippen molar-refractivity contribution in [2.24, 2.45) is 11.3 Å². The summed E-state index contributed by atoms with van der Waals surface area (Å²) in [7, 11) is 1.70. The first-order chi connectivity index (χ1) is 9.98. The summed E-state index contributed by atoms with van der Waals surface area (Å²) in [6, 6.07) is 0.323. The Morgan fingerprint density at radius 2 is 2.05 bits per heavy atom. The summed E-state index contributed by atoms with van der Waals surface area (Å²) in [6.07, 6.45) is 4.33. The maximum absolute atomic E-state index is 13.2. The van der Waals surface area contributed by atoms with Crippen LogP contribution in [0.25, 0.3) is 0 Å². The maximum atomic E-state index is 13.2. The highest BCUT2D eigenvalue weighted by Crippen LogP contribution is 2.34. The average Bonchev–Trinajstić information content (AvgIpc) is 2.51. The Morgan fingerprint density at radius 3 is 2.52 bits per heavy atom. The minimum atomic E-state index is -0.302. The second kappa shape index (κ2) is 8.74. The van der Waals surface area contributed by atoms with E-state index >= 15 is 0 Å². The van der Waals surface area contributed by atoms with Crippen molar-refractivity contribution in [3.05, 3.63) is 0 Å². The van der Waals surface area contributed by atoms with E-state index in [0.717, 1.165) is 32.4 Å². The molecular weight excluding hydrogens is 264 g/mol. The highest BCUT2D eigenvalue weighted by molar-refractivity contribution is 5.82. The summed E-state index contributed by atoms with van der Waals surface area (Å²) in [5.74, 6) is 0.722. The minimum absolute atomic E-state index is 0.293. The number of nitrogens with one attached hydrogen (secondary N) is 1. The van der Waals surface area contributed by atoms with Gasteiger partial charge >= 0.3 is 0 Å². The molecule has 1 heterocycles. The van der Waals surface area contributed by atoms with E-state index in [1.807, 2.05) is 0 Å². The molecule has 1 aliphatic rings. The lowest BCUT2D eigenvalue weighted by molar-refractivity contribution is -0.147. The molecule has 0 radical (unpaired) electrons. The largest absolute Gasteiger partial charge is 0.383 e. The Bertz CT molecular complexity index is 308. The summed E-state index contributed by atoms with van der Waals surface area (Å²) in [5, 5.41) is 3.44. The molecule has 1 rings (SSSR count). The van der Waals surface area contributed by atoms with Gasteiger partial charge in [0.05, 0.1) is 6.61 Å². The Kier molecular flexibility index (Phi) is 7.67. The van der Waals surface area contributed by atoms with Crippen molar-refractivity contribution >= 4 is 5.91 Å². The quantitative estimate of drug-likeness (QED) is 0.749. The van der Waals surface area contributed by atoms with Gasteiger partial charge in [0.2, 0.25) is 5.91 Å². The fraction of sp³-hybridized carbons (Fsp3) is 0.941. The number of piperidine rings is 1. The van der Waals surface area contributed by atoms with Gasteiger partial charge in [-0.3, -0.25) is 4.79 Å². The fourth-order valence-corrected chi connectivity index (χ4v) is 3.38. The Balaban J connectivity index is 2.85. The molecule has 0 aromatic heterocycles. The summed E-state index contributed by atoms with van der Waals surface area (Å²) < 4.78 is 5.21. The van der Waals surface area contributed by atoms with Gasteiger partial charge in [-0.25, -0.2) is 0 Å². The van der Waals surface area contributed by atoms with E-state index in [9.17, 15) is 4.79 Å². The van der Waals surface area contributed by atoms with Crippen LogP contribution in [0.2, 0.25) is 0 Å². The van der Waals surface area contributed by atoms with E-state index in [-0.39, 0.29) is 5.41 Å². The maximum Gasteiger partial charge on any atom is 0.228 e. The third-order valence-corrected chi connectivity index (χ3v) is 5.05. The Hall–Kier alpha value is -0.610. The molecule has 1 amide bonds. The van der Waals surface area contributed by atoms with Crippen LogP contribution in [0.5, 0.6) is 0 Å². The first-order valence-corrected chi connectivity index (χ1v) is 8.49. The Morgan fingerprint density at radius 1 is 1.38 bits per heavy atom. The van der Waals surface area contributed by atoms with Crippen molar-refractivity contribution in [1.29, 1.82) is 0 Å². The molecule has 0 spiro atoms. The SMILES string of the molecule is CCC(CC)N(CCOC)C(=O)C(C)(C)C1CCCNC1. The predicted molar refractivity (Wildman–Crippen MR) is 87.3 cm³/mol. The number of rotatable bonds is 8. The topological polar surface area (TPSA) is 41.6 Å². The summed E-state index contributed by atoms with van der Waals surface area (Å²) in [5.41, 5.74) is -0.302. The first kappa shape index (κ1) is 18.4. The zero-order valence-corrected chi connectivity index (χ0v) is 14.6. The van der Waals surface area contributed by atoms with Crippen LogP contribution in [-0.2, 0) is 9.53 Å². The van der Waals surface area contributed by atoms with Crippen LogP contribution in [0, 0.1) is 11.3 Å². The molecule has 124 valence electrons. The van der Waals surface area contributed by atoms with Crippen molar-refractivity contribution in [3.63, 3.8) is 0 Å². The second-order valence-electron chi connectivity index (χ2n) is 6.73. The van der Waals surface area contributed by atoms with Crippen LogP contribution in [0.15, 0.2) is 0 Å². The molecule has 0 bridgehead atoms. The zero-order valence-electron chi connectivity index (χ0n) is 14.6. The Labute approximate surface area is 130 Å². The minimum Gasteiger partial charge on any atom is -0.383 e. The van der Waals surface area contributed by atoms with Gasteiger partial charge in [-0.1, -0.05) is 27.7 Å². The number of nitrogens with zero attached hydrogens (tertiary/aromatic N) is 1. The first-order valence-electron chi connectivity index (χ1n) is 8.49. The van der Waals surface area contributed by atoms with Crippen molar-refractivity contribution in [2.45, 2.75) is 59.4 Å². The van der Waals surface area contributed by atoms with Crippen molar-refractivity contribution in [3.8, 4) is 0 Å². The van der Waals surface area contributed by atoms with E-state index in [2.05, 4.69) is 37.9 Å². The van der Waals surface area contributed by atoms with E-state index in [1.165, 1.54) is 6.42 Å². The standard InChI is InChI=1S/C17H34N2O2/c1-6-15(7-2)19(11-12-21-5)16(20)17(3,4)14-9-8-10-18-13-14/h14-15,18H,6-13H2,1-5H3. The third kappa shape index (κ3) is 4.68. The normalized spacial score (nSPS) is 19.8. The molecule has 0 aliphatic carbocycles. The van der Waals surface area contributed by atoms with Crippen LogP contribution in [-0.4, -0.2) is 50.2 Å². The van der Waals surface area contributed by atoms with Gasteiger partial charge in [-0.15, -0.1) is 0 Å². The monoisotopic (exact) mass is 298 g/mol. The molecule has 0 saturated carbocycles. The van der Waals surface area contributed by atoms with E-state index in [0.29, 0.717) is 31.0 Å². The highest BCUT2D eigenvalue weighted by Gasteiger charge is 2.40. The van der Waals surface area contributed by atoms with Crippen molar-refractivity contribution < 1.29 is 9.53 Å². The predicted octanol–water partition coefficient (Wildman–Crippen LogP) is 2.68. The number of ether oxygens (including phenoxy) is 1. The van der Waals surface area contributed by atoms with E-state index in [1.54, 1.807) is 7.11 Å². The lowest BCUT2D eigenvalue weighted by Crippen LogP contribution is -2.52. The fourth-order valence-electron chi connectivity index (χ4n) is 3.38. The summed E-state index contributed by atoms with van der Waals surface area (Å²) in [6.45, 7) is 11.9. The summed E-state index contributed by atoms with van der Waals surface area (Å²) >= 11 is 0. The number of hydrogen-bond acceptors (Lipinski definition) is 3. The molecule has 0 aromatic rings. The van der Waals surface area contributed by atoms with Crippen LogP contribution in [0.3, 0.4) is 0 Å². The van der Waals surface area contributed by atoms with Gasteiger partial charge < -0.3 is 15.0 Å². The van der Waals surface area contributed by atoms with E-state index < -0.39 is 0 Å². The molecule has 1 fully saturated rings. The summed E-state index contributed by atoms with van der Waals surface area (Å²) in [4.78, 5) is 15.2. The zero-order chi connectivity index (χ0) is 15.9. The third-order valence-electron chi connectivity index (χ3n) is 5.05. The molecule has 1 unspecified atom stereocenters. The lowest BCUT2D eigenvalue weighted by atomic mass is 9.73. The van der Waals surface area contributed by atoms with Gasteiger partial charge in [0.25, 0.3) is 0 Å². The highest BCUT2D eigenvalue weighted by atomic mass is 16.5. The molecular formula is C17H34N2O2. The molecule has 4 heteroatoms. The lowest BCUT2D eigenvalue weighted by Gasteiger charge is -2.42. The van der Waals surface area contributed by atoms with Gasteiger partial charge in [0.15, 0.2) is 0 Å². The number of carbonyl (C=O) groups excluding carboxylic acids is 1. The second-order valence-corrected chi connectivity index (χ2v) is 6.73. The molecule has 0 aromatic carbocycles. The van der Waals surface area contributed by atoms with Crippen LogP contribution < -0.4 is 5.32 Å². The van der Waals surface area contributed by atoms with Gasteiger partial charge in [-0.05, 0) is 44.7 Å². The molecule has 1 saturated heterocycles. The van der Waals surface area contributed by atoms with Gasteiger partial charge in [0.1, 0.15) is 0 Å². The van der Waals surface area contributed by atoms with Crippen LogP contribution >= 0.6 is 0 Å². The molecule has 1 N–H and O–H groups in total. The van der Waals surface area contributed by atoms with E-state index in [4.69, 9.17) is 4.74 Å². The molecule has 1 aliphatic heterocycles. The van der Waals surface area contributed by atoms with Gasteiger partial charge in [-0.2, -0.15) is 0 Å². The van der Waals surface area contributed by atoms with Crippen LogP contribution in [0.1, 0.15) is 53.4 Å². The number of carbonyl (C=O) groups is 1. The van der Waals surface area contributed by atoms with Gasteiger partial charge in [0, 0.05) is 25.1 Å². The van der Waals surface area contributed by atoms with Crippen molar-refractivity contribution in [1.82, 2.24) is 10.2 Å². The smallest absolute Gasteiger partial charge is 0.228 e. The molecule has 4 nitrogen and oxygen atoms in total. The number of methoxy groups -OCH3 is 1. The van der Waals surface area contributed by atoms with Crippen molar-refractivity contribution in [2.75, 3.05) is 33.4 Å². The van der Waals surface area contributed by atoms with Crippen LogP contribution in [0.4, 0.5) is 0 Å². The molecule has 1 atom stereocenters.